The maximum Gasteiger partial charge on any atom is 0.326 e. The smallest absolute Gasteiger partial charge is 0.326 e. The van der Waals surface area contributed by atoms with E-state index in [0.717, 1.165) is 0 Å². The Bertz CT molecular complexity index is 853. The molecule has 1 rings (SSSR count). The Morgan fingerprint density at radius 3 is 2.18 bits per heavy atom. The van der Waals surface area contributed by atoms with E-state index in [1.807, 2.05) is 0 Å². The van der Waals surface area contributed by atoms with Crippen molar-refractivity contribution >= 4 is 35.6 Å². The van der Waals surface area contributed by atoms with Gasteiger partial charge in [-0.2, -0.15) is 0 Å². The van der Waals surface area contributed by atoms with Crippen LogP contribution in [0.3, 0.4) is 0 Å². The van der Waals surface area contributed by atoms with Crippen LogP contribution in [-0.4, -0.2) is 95.4 Å². The summed E-state index contributed by atoms with van der Waals surface area (Å²) < 4.78 is 0. The molecule has 12 N–H and O–H groups in total. The zero-order valence-electron chi connectivity index (χ0n) is 22.1. The van der Waals surface area contributed by atoms with Crippen molar-refractivity contribution in [2.45, 2.75) is 89.0 Å². The highest BCUT2D eigenvalue weighted by Gasteiger charge is 2.38. The number of nitrogens with one attached hydrogen (secondary N) is 5. The zero-order valence-corrected chi connectivity index (χ0v) is 22.1. The number of hydrogen-bond acceptors (Lipinski definition) is 8. The third kappa shape index (κ3) is 10.9. The highest BCUT2D eigenvalue weighted by molar-refractivity contribution is 5.95. The first-order valence-corrected chi connectivity index (χ1v) is 12.9. The fourth-order valence-corrected chi connectivity index (χ4v) is 4.02. The lowest BCUT2D eigenvalue weighted by Crippen LogP contribution is -2.57. The number of guanidine groups is 1. The number of likely N-dealkylation sites (tertiary alicyclic amines) is 1. The Morgan fingerprint density at radius 2 is 1.61 bits per heavy atom. The second kappa shape index (κ2) is 16.4. The van der Waals surface area contributed by atoms with Crippen molar-refractivity contribution in [3.05, 3.63) is 0 Å². The van der Waals surface area contributed by atoms with Crippen LogP contribution in [0.5, 0.6) is 0 Å². The molecule has 5 atom stereocenters. The van der Waals surface area contributed by atoms with Gasteiger partial charge in [0.25, 0.3) is 0 Å². The number of carbonyl (C=O) groups is 5. The number of aliphatic carboxylic acids is 1. The molecule has 0 aromatic rings. The number of amides is 4. The summed E-state index contributed by atoms with van der Waals surface area (Å²) in [5.74, 6) is -3.62. The van der Waals surface area contributed by atoms with Crippen molar-refractivity contribution in [1.29, 1.82) is 5.41 Å². The van der Waals surface area contributed by atoms with Gasteiger partial charge in [-0.05, 0) is 65.3 Å². The summed E-state index contributed by atoms with van der Waals surface area (Å²) in [6.07, 6.45) is 2.89. The molecule has 15 nitrogen and oxygen atoms in total. The molecule has 1 fully saturated rings. The van der Waals surface area contributed by atoms with Crippen LogP contribution in [0.4, 0.5) is 0 Å². The first-order valence-electron chi connectivity index (χ1n) is 12.9. The number of rotatable bonds is 16. The maximum absolute atomic E-state index is 13.2. The molecule has 0 unspecified atom stereocenters. The van der Waals surface area contributed by atoms with Gasteiger partial charge in [0, 0.05) is 13.1 Å². The van der Waals surface area contributed by atoms with E-state index in [0.29, 0.717) is 45.2 Å². The Labute approximate surface area is 222 Å². The fraction of sp³-hybridized carbons (Fsp3) is 0.739. The van der Waals surface area contributed by atoms with Crippen LogP contribution < -0.4 is 38.5 Å². The summed E-state index contributed by atoms with van der Waals surface area (Å²) in [7, 11) is 0. The molecule has 0 aromatic heterocycles. The van der Waals surface area contributed by atoms with Gasteiger partial charge < -0.3 is 48.5 Å². The average Bonchev–Trinajstić information content (AvgIpc) is 3.34. The Balaban J connectivity index is 2.87. The van der Waals surface area contributed by atoms with E-state index in [2.05, 4.69) is 21.3 Å². The summed E-state index contributed by atoms with van der Waals surface area (Å²) in [6, 6.07) is -4.84. The summed E-state index contributed by atoms with van der Waals surface area (Å²) in [6.45, 7) is 3.88. The summed E-state index contributed by atoms with van der Waals surface area (Å²) >= 11 is 0. The third-order valence-electron chi connectivity index (χ3n) is 6.17. The normalized spacial score (nSPS) is 18.0. The van der Waals surface area contributed by atoms with Gasteiger partial charge in [0.1, 0.15) is 24.2 Å². The second-order valence-corrected chi connectivity index (χ2v) is 9.44. The number of unbranched alkanes of at least 4 members (excludes halogenated alkanes) is 1. The van der Waals surface area contributed by atoms with Gasteiger partial charge in [0.15, 0.2) is 5.96 Å². The minimum absolute atomic E-state index is 0.185. The standard InChI is InChI=1S/C23H43N9O6/c1-13(25)18(33)30-15(8-5-11-28-23(26)27)20(35)29-14(2)19(34)31-16(7-3-4-10-24)21(36)32-12-6-9-17(32)22(37)38/h13-17H,3-12,24-25H2,1-2H3,(H,29,35)(H,30,33)(H,31,34)(H,37,38)(H4,26,27,28)/t13-,14-,15-,16-,17-/m0/s1. The first-order chi connectivity index (χ1) is 17.9. The number of nitrogens with two attached hydrogens (primary N) is 3. The molecule has 4 amide bonds. The molecule has 0 saturated carbocycles. The van der Waals surface area contributed by atoms with Crippen molar-refractivity contribution < 1.29 is 29.1 Å². The summed E-state index contributed by atoms with van der Waals surface area (Å²) in [5.41, 5.74) is 16.4. The maximum atomic E-state index is 13.2. The second-order valence-electron chi connectivity index (χ2n) is 9.44. The van der Waals surface area contributed by atoms with Gasteiger partial charge in [0.2, 0.25) is 23.6 Å². The van der Waals surface area contributed by atoms with E-state index < -0.39 is 59.8 Å². The molecular formula is C23H43N9O6. The van der Waals surface area contributed by atoms with Gasteiger partial charge in [-0.15, -0.1) is 0 Å². The van der Waals surface area contributed by atoms with Gasteiger partial charge in [0.05, 0.1) is 6.04 Å². The minimum atomic E-state index is -1.10. The molecule has 0 aromatic carbocycles. The monoisotopic (exact) mass is 541 g/mol. The molecule has 0 bridgehead atoms. The number of carboxylic acids is 1. The van der Waals surface area contributed by atoms with E-state index in [1.165, 1.54) is 18.7 Å². The van der Waals surface area contributed by atoms with Crippen molar-refractivity contribution in [3.63, 3.8) is 0 Å². The van der Waals surface area contributed by atoms with Gasteiger partial charge in [-0.3, -0.25) is 24.6 Å². The van der Waals surface area contributed by atoms with Crippen molar-refractivity contribution in [3.8, 4) is 0 Å². The minimum Gasteiger partial charge on any atom is -0.480 e. The molecule has 15 heteroatoms. The lowest BCUT2D eigenvalue weighted by molar-refractivity contribution is -0.149. The van der Waals surface area contributed by atoms with E-state index in [-0.39, 0.29) is 25.3 Å². The summed E-state index contributed by atoms with van der Waals surface area (Å²) in [5, 5.41) is 27.0. The molecule has 0 aliphatic carbocycles. The highest BCUT2D eigenvalue weighted by atomic mass is 16.4. The third-order valence-corrected chi connectivity index (χ3v) is 6.17. The predicted molar refractivity (Wildman–Crippen MR) is 140 cm³/mol. The average molecular weight is 542 g/mol. The lowest BCUT2D eigenvalue weighted by atomic mass is 10.1. The molecule has 0 spiro atoms. The SMILES string of the molecule is C[C@H](N)C(=O)N[C@@H](CCCNC(=N)N)C(=O)N[C@@H](C)C(=O)N[C@@H](CCCCN)C(=O)N1CCC[C@H]1C(=O)O. The Morgan fingerprint density at radius 1 is 0.974 bits per heavy atom. The Kier molecular flexibility index (Phi) is 14.1. The first kappa shape index (κ1) is 32.6. The molecule has 216 valence electrons. The van der Waals surface area contributed by atoms with Crippen LogP contribution in [0, 0.1) is 5.41 Å². The van der Waals surface area contributed by atoms with E-state index in [4.69, 9.17) is 22.6 Å². The van der Waals surface area contributed by atoms with Crippen LogP contribution in [0.1, 0.15) is 58.8 Å². The van der Waals surface area contributed by atoms with Gasteiger partial charge >= 0.3 is 5.97 Å². The Hall–Kier alpha value is -3.46. The van der Waals surface area contributed by atoms with Crippen LogP contribution >= 0.6 is 0 Å². The van der Waals surface area contributed by atoms with Crippen molar-refractivity contribution in [1.82, 2.24) is 26.2 Å². The van der Waals surface area contributed by atoms with Gasteiger partial charge in [-0.1, -0.05) is 0 Å². The molecule has 1 aliphatic heterocycles. The molecule has 38 heavy (non-hydrogen) atoms. The molecular weight excluding hydrogens is 498 g/mol. The largest absolute Gasteiger partial charge is 0.480 e. The molecule has 1 heterocycles. The van der Waals surface area contributed by atoms with Crippen LogP contribution in [0.15, 0.2) is 0 Å². The number of carboxylic acid groups (broad SMARTS) is 1. The van der Waals surface area contributed by atoms with E-state index >= 15 is 0 Å². The molecule has 0 radical (unpaired) electrons. The predicted octanol–water partition coefficient (Wildman–Crippen LogP) is -2.72. The topological polar surface area (TPSA) is 259 Å². The zero-order chi connectivity index (χ0) is 28.8. The lowest BCUT2D eigenvalue weighted by Gasteiger charge is -2.28. The quantitative estimate of drug-likeness (QED) is 0.0553. The fourth-order valence-electron chi connectivity index (χ4n) is 4.02. The van der Waals surface area contributed by atoms with Crippen LogP contribution in [-0.2, 0) is 24.0 Å². The van der Waals surface area contributed by atoms with E-state index in [1.54, 1.807) is 0 Å². The van der Waals surface area contributed by atoms with Gasteiger partial charge in [-0.25, -0.2) is 4.79 Å². The number of nitrogens with zero attached hydrogens (tertiary/aromatic N) is 1. The van der Waals surface area contributed by atoms with Crippen molar-refractivity contribution in [2.24, 2.45) is 17.2 Å². The number of hydrogen-bond donors (Lipinski definition) is 9. The van der Waals surface area contributed by atoms with Crippen LogP contribution in [0.25, 0.3) is 0 Å². The molecule has 1 saturated heterocycles. The van der Waals surface area contributed by atoms with Crippen molar-refractivity contribution in [2.75, 3.05) is 19.6 Å². The number of carbonyl (C=O) groups excluding carboxylic acids is 4. The van der Waals surface area contributed by atoms with Crippen LogP contribution in [0.2, 0.25) is 0 Å². The van der Waals surface area contributed by atoms with E-state index in [9.17, 15) is 29.1 Å². The molecule has 1 aliphatic rings. The highest BCUT2D eigenvalue weighted by Crippen LogP contribution is 2.20. The summed E-state index contributed by atoms with van der Waals surface area (Å²) in [4.78, 5) is 64.0.